The third kappa shape index (κ3) is 3.43. The van der Waals surface area contributed by atoms with E-state index in [1.807, 2.05) is 30.3 Å². The molecule has 1 aromatic carbocycles. The van der Waals surface area contributed by atoms with Gasteiger partial charge in [0, 0.05) is 38.4 Å². The molecule has 0 saturated carbocycles. The second-order valence-corrected chi connectivity index (χ2v) is 7.37. The maximum Gasteiger partial charge on any atom is 0.257 e. The van der Waals surface area contributed by atoms with Crippen LogP contribution in [0.4, 0.5) is 5.95 Å². The van der Waals surface area contributed by atoms with Crippen molar-refractivity contribution in [3.8, 4) is 11.3 Å². The van der Waals surface area contributed by atoms with Crippen molar-refractivity contribution < 1.29 is 14.3 Å². The lowest BCUT2D eigenvalue weighted by molar-refractivity contribution is -0.167. The highest BCUT2D eigenvalue weighted by Gasteiger charge is 2.42. The summed E-state index contributed by atoms with van der Waals surface area (Å²) >= 11 is 0. The molecule has 2 aliphatic rings. The molecule has 28 heavy (non-hydrogen) atoms. The summed E-state index contributed by atoms with van der Waals surface area (Å²) in [4.78, 5) is 36.7. The molecule has 2 amide bonds. The number of benzene rings is 1. The zero-order chi connectivity index (χ0) is 19.7. The van der Waals surface area contributed by atoms with Crippen molar-refractivity contribution in [1.29, 1.82) is 0 Å². The minimum Gasteiger partial charge on any atom is -0.368 e. The molecule has 2 aliphatic heterocycles. The fourth-order valence-corrected chi connectivity index (χ4v) is 3.85. The van der Waals surface area contributed by atoms with E-state index in [1.165, 1.54) is 6.20 Å². The van der Waals surface area contributed by atoms with E-state index in [2.05, 4.69) is 9.97 Å². The van der Waals surface area contributed by atoms with E-state index in [1.54, 1.807) is 16.8 Å². The van der Waals surface area contributed by atoms with Crippen LogP contribution in [0.2, 0.25) is 0 Å². The second kappa shape index (κ2) is 7.20. The molecule has 2 fully saturated rings. The first-order valence-corrected chi connectivity index (χ1v) is 9.33. The summed E-state index contributed by atoms with van der Waals surface area (Å²) < 4.78 is 5.86. The van der Waals surface area contributed by atoms with Crippen LogP contribution in [-0.4, -0.2) is 70.5 Å². The van der Waals surface area contributed by atoms with Crippen molar-refractivity contribution in [3.05, 3.63) is 42.1 Å². The normalized spacial score (nSPS) is 19.1. The number of piperidine rings is 1. The number of hydrogen-bond donors (Lipinski definition) is 1. The Kier molecular flexibility index (Phi) is 4.72. The average Bonchev–Trinajstić information content (AvgIpc) is 2.72. The molecule has 0 atom stereocenters. The van der Waals surface area contributed by atoms with E-state index in [0.29, 0.717) is 43.7 Å². The molecular formula is C20H23N5O3. The van der Waals surface area contributed by atoms with Gasteiger partial charge in [-0.05, 0) is 12.8 Å². The summed E-state index contributed by atoms with van der Waals surface area (Å²) in [7, 11) is 1.79. The van der Waals surface area contributed by atoms with Gasteiger partial charge in [-0.3, -0.25) is 9.59 Å². The zero-order valence-electron chi connectivity index (χ0n) is 15.8. The van der Waals surface area contributed by atoms with E-state index in [-0.39, 0.29) is 30.0 Å². The molecule has 146 valence electrons. The SMILES string of the molecule is CN1CC2(CCN(C(=O)c3cnc(N)nc3-c3ccccc3)CC2)OCC1=O. The first-order chi connectivity index (χ1) is 13.5. The van der Waals surface area contributed by atoms with Gasteiger partial charge in [0.15, 0.2) is 0 Å². The van der Waals surface area contributed by atoms with Gasteiger partial charge >= 0.3 is 0 Å². The molecule has 2 aromatic rings. The smallest absolute Gasteiger partial charge is 0.257 e. The van der Waals surface area contributed by atoms with Gasteiger partial charge in [-0.25, -0.2) is 9.97 Å². The van der Waals surface area contributed by atoms with E-state index >= 15 is 0 Å². The highest BCUT2D eigenvalue weighted by Crippen LogP contribution is 2.31. The van der Waals surface area contributed by atoms with Crippen LogP contribution in [0.25, 0.3) is 11.3 Å². The van der Waals surface area contributed by atoms with Gasteiger partial charge in [-0.1, -0.05) is 30.3 Å². The molecule has 8 heteroatoms. The lowest BCUT2D eigenvalue weighted by Crippen LogP contribution is -2.58. The van der Waals surface area contributed by atoms with Gasteiger partial charge in [0.25, 0.3) is 5.91 Å². The number of nitrogen functional groups attached to an aromatic ring is 1. The Labute approximate surface area is 163 Å². The summed E-state index contributed by atoms with van der Waals surface area (Å²) in [5.41, 5.74) is 7.20. The first kappa shape index (κ1) is 18.4. The van der Waals surface area contributed by atoms with Crippen LogP contribution in [0.5, 0.6) is 0 Å². The van der Waals surface area contributed by atoms with E-state index in [9.17, 15) is 9.59 Å². The van der Waals surface area contributed by atoms with E-state index in [0.717, 1.165) is 5.56 Å². The molecule has 0 radical (unpaired) electrons. The Morgan fingerprint density at radius 1 is 1.21 bits per heavy atom. The molecule has 2 saturated heterocycles. The molecule has 8 nitrogen and oxygen atoms in total. The summed E-state index contributed by atoms with van der Waals surface area (Å²) in [6.45, 7) is 1.78. The van der Waals surface area contributed by atoms with Crippen molar-refractivity contribution in [3.63, 3.8) is 0 Å². The van der Waals surface area contributed by atoms with Crippen molar-refractivity contribution in [2.24, 2.45) is 0 Å². The third-order valence-electron chi connectivity index (χ3n) is 5.50. The number of rotatable bonds is 2. The monoisotopic (exact) mass is 381 g/mol. The van der Waals surface area contributed by atoms with Gasteiger partial charge in [-0.15, -0.1) is 0 Å². The number of nitrogens with zero attached hydrogens (tertiary/aromatic N) is 4. The van der Waals surface area contributed by atoms with E-state index in [4.69, 9.17) is 10.5 Å². The maximum absolute atomic E-state index is 13.2. The van der Waals surface area contributed by atoms with Crippen LogP contribution in [0.1, 0.15) is 23.2 Å². The summed E-state index contributed by atoms with van der Waals surface area (Å²) in [6, 6.07) is 9.49. The number of ether oxygens (including phenoxy) is 1. The highest BCUT2D eigenvalue weighted by atomic mass is 16.5. The number of aromatic nitrogens is 2. The van der Waals surface area contributed by atoms with Crippen LogP contribution < -0.4 is 5.73 Å². The Bertz CT molecular complexity index is 894. The predicted molar refractivity (Wildman–Crippen MR) is 103 cm³/mol. The summed E-state index contributed by atoms with van der Waals surface area (Å²) in [5.74, 6) is 0.0147. The van der Waals surface area contributed by atoms with Crippen LogP contribution in [-0.2, 0) is 9.53 Å². The molecule has 0 bridgehead atoms. The third-order valence-corrected chi connectivity index (χ3v) is 5.50. The topological polar surface area (TPSA) is 102 Å². The fraction of sp³-hybridized carbons (Fsp3) is 0.400. The van der Waals surface area contributed by atoms with Gasteiger partial charge in [0.2, 0.25) is 11.9 Å². The minimum absolute atomic E-state index is 0.00402. The Hall–Kier alpha value is -3.00. The van der Waals surface area contributed by atoms with Gasteiger partial charge in [0.05, 0.1) is 16.9 Å². The van der Waals surface area contributed by atoms with Crippen molar-refractivity contribution in [1.82, 2.24) is 19.8 Å². The number of carbonyl (C=O) groups is 2. The Balaban J connectivity index is 1.53. The van der Waals surface area contributed by atoms with Gasteiger partial charge < -0.3 is 20.3 Å². The minimum atomic E-state index is -0.362. The largest absolute Gasteiger partial charge is 0.368 e. The average molecular weight is 381 g/mol. The number of amides is 2. The fourth-order valence-electron chi connectivity index (χ4n) is 3.85. The molecular weight excluding hydrogens is 358 g/mol. The number of likely N-dealkylation sites (tertiary alicyclic amines) is 1. The molecule has 4 rings (SSSR count). The van der Waals surface area contributed by atoms with E-state index < -0.39 is 0 Å². The predicted octanol–water partition coefficient (Wildman–Crippen LogP) is 1.19. The van der Waals surface area contributed by atoms with Crippen molar-refractivity contribution in [2.75, 3.05) is 39.0 Å². The number of morpholine rings is 1. The highest BCUT2D eigenvalue weighted by molar-refractivity contribution is 5.99. The van der Waals surface area contributed by atoms with Crippen LogP contribution in [0.15, 0.2) is 36.5 Å². The molecule has 0 unspecified atom stereocenters. The maximum atomic E-state index is 13.2. The van der Waals surface area contributed by atoms with Crippen LogP contribution >= 0.6 is 0 Å². The molecule has 3 heterocycles. The number of carbonyl (C=O) groups excluding carboxylic acids is 2. The summed E-state index contributed by atoms with van der Waals surface area (Å²) in [5, 5.41) is 0. The van der Waals surface area contributed by atoms with Crippen LogP contribution in [0, 0.1) is 0 Å². The second-order valence-electron chi connectivity index (χ2n) is 7.37. The lowest BCUT2D eigenvalue weighted by Gasteiger charge is -2.46. The standard InChI is InChI=1S/C20H23N5O3/c1-24-13-20(28-12-16(24)26)7-9-25(10-8-20)18(27)15-11-22-19(21)23-17(15)14-5-3-2-4-6-14/h2-6,11H,7-10,12-13H2,1H3,(H2,21,22,23). The lowest BCUT2D eigenvalue weighted by atomic mass is 9.89. The molecule has 2 N–H and O–H groups in total. The van der Waals surface area contributed by atoms with Crippen molar-refractivity contribution >= 4 is 17.8 Å². The van der Waals surface area contributed by atoms with Gasteiger partial charge in [0.1, 0.15) is 6.61 Å². The molecule has 1 spiro atoms. The van der Waals surface area contributed by atoms with Crippen molar-refractivity contribution in [2.45, 2.75) is 18.4 Å². The molecule has 1 aromatic heterocycles. The Morgan fingerprint density at radius 3 is 2.61 bits per heavy atom. The summed E-state index contributed by atoms with van der Waals surface area (Å²) in [6.07, 6.45) is 2.88. The number of hydrogen-bond acceptors (Lipinski definition) is 6. The Morgan fingerprint density at radius 2 is 1.93 bits per heavy atom. The first-order valence-electron chi connectivity index (χ1n) is 9.33. The number of nitrogens with two attached hydrogens (primary N) is 1. The molecule has 0 aliphatic carbocycles. The van der Waals surface area contributed by atoms with Gasteiger partial charge in [-0.2, -0.15) is 0 Å². The number of likely N-dealkylation sites (N-methyl/N-ethyl adjacent to an activating group) is 1. The zero-order valence-corrected chi connectivity index (χ0v) is 15.8. The van der Waals surface area contributed by atoms with Crippen LogP contribution in [0.3, 0.4) is 0 Å². The quantitative estimate of drug-likeness (QED) is 0.838. The number of anilines is 1.